The smallest absolute Gasteiger partial charge is 0.165 e. The molecule has 0 bridgehead atoms. The number of hydrogen-bond donors (Lipinski definition) is 2. The molecule has 1 aliphatic rings. The van der Waals surface area contributed by atoms with Gasteiger partial charge < -0.3 is 24.6 Å². The van der Waals surface area contributed by atoms with Crippen LogP contribution in [0.4, 0.5) is 0 Å². The van der Waals surface area contributed by atoms with Gasteiger partial charge in [-0.3, -0.25) is 0 Å². The maximum atomic E-state index is 9.29. The van der Waals surface area contributed by atoms with Gasteiger partial charge in [-0.1, -0.05) is 19.1 Å². The van der Waals surface area contributed by atoms with Crippen molar-refractivity contribution in [3.8, 4) is 11.5 Å². The van der Waals surface area contributed by atoms with Crippen LogP contribution in [0.25, 0.3) is 0 Å². The van der Waals surface area contributed by atoms with Crippen molar-refractivity contribution in [2.24, 2.45) is 0 Å². The summed E-state index contributed by atoms with van der Waals surface area (Å²) in [5.41, 5.74) is 1.03. The molecule has 124 valence electrons. The third kappa shape index (κ3) is 4.60. The van der Waals surface area contributed by atoms with Gasteiger partial charge in [-0.25, -0.2) is 0 Å². The van der Waals surface area contributed by atoms with E-state index in [0.717, 1.165) is 42.9 Å². The highest BCUT2D eigenvalue weighted by Crippen LogP contribution is 2.31. The lowest BCUT2D eigenvalue weighted by Gasteiger charge is -2.19. The lowest BCUT2D eigenvalue weighted by Crippen LogP contribution is -2.31. The van der Waals surface area contributed by atoms with E-state index < -0.39 is 0 Å². The molecule has 0 saturated carbocycles. The minimum absolute atomic E-state index is 0.0946. The van der Waals surface area contributed by atoms with Crippen LogP contribution in [-0.4, -0.2) is 44.2 Å². The Morgan fingerprint density at radius 3 is 2.95 bits per heavy atom. The van der Waals surface area contributed by atoms with Gasteiger partial charge in [0.1, 0.15) is 6.61 Å². The summed E-state index contributed by atoms with van der Waals surface area (Å²) in [4.78, 5) is 0. The summed E-state index contributed by atoms with van der Waals surface area (Å²) in [5.74, 6) is 1.50. The van der Waals surface area contributed by atoms with Crippen LogP contribution in [0.1, 0.15) is 31.7 Å². The van der Waals surface area contributed by atoms with Gasteiger partial charge in [-0.05, 0) is 25.3 Å². The second-order valence-electron chi connectivity index (χ2n) is 5.56. The molecule has 1 aliphatic heterocycles. The molecule has 0 spiro atoms. The van der Waals surface area contributed by atoms with Crippen molar-refractivity contribution in [3.63, 3.8) is 0 Å². The van der Waals surface area contributed by atoms with Crippen LogP contribution in [0.2, 0.25) is 0 Å². The predicted octanol–water partition coefficient (Wildman–Crippen LogP) is 2.11. The molecule has 1 saturated heterocycles. The van der Waals surface area contributed by atoms with E-state index >= 15 is 0 Å². The minimum atomic E-state index is 0.0946. The Kier molecular flexibility index (Phi) is 6.96. The first-order chi connectivity index (χ1) is 10.8. The summed E-state index contributed by atoms with van der Waals surface area (Å²) in [6.45, 7) is 4.19. The summed E-state index contributed by atoms with van der Waals surface area (Å²) in [7, 11) is 1.65. The molecule has 0 aliphatic carbocycles. The standard InChI is InChI=1S/C17H27NO4/c1-3-14(11-19)18-10-13-6-4-8-16(20-2)17(13)22-12-15-7-5-9-21-15/h4,6,8,14-15,18-19H,3,5,7,9-12H2,1-2H3. The molecule has 5 heteroatoms. The maximum absolute atomic E-state index is 9.29. The van der Waals surface area contributed by atoms with Crippen molar-refractivity contribution in [1.82, 2.24) is 5.32 Å². The Bertz CT molecular complexity index is 442. The average molecular weight is 309 g/mol. The monoisotopic (exact) mass is 309 g/mol. The van der Waals surface area contributed by atoms with Crippen molar-refractivity contribution in [1.29, 1.82) is 0 Å². The predicted molar refractivity (Wildman–Crippen MR) is 85.5 cm³/mol. The number of rotatable bonds is 9. The molecule has 5 nitrogen and oxygen atoms in total. The molecule has 2 rings (SSSR count). The van der Waals surface area contributed by atoms with Gasteiger partial charge in [-0.2, -0.15) is 0 Å². The van der Waals surface area contributed by atoms with Crippen LogP contribution in [0.3, 0.4) is 0 Å². The lowest BCUT2D eigenvalue weighted by molar-refractivity contribution is 0.0665. The molecule has 0 aromatic heterocycles. The molecular weight excluding hydrogens is 282 g/mol. The number of nitrogens with one attached hydrogen (secondary N) is 1. The van der Waals surface area contributed by atoms with Crippen molar-refractivity contribution < 1.29 is 19.3 Å². The summed E-state index contributed by atoms with van der Waals surface area (Å²) in [5, 5.41) is 12.6. The van der Waals surface area contributed by atoms with Crippen molar-refractivity contribution in [3.05, 3.63) is 23.8 Å². The zero-order valence-corrected chi connectivity index (χ0v) is 13.5. The Morgan fingerprint density at radius 2 is 2.32 bits per heavy atom. The van der Waals surface area contributed by atoms with Crippen molar-refractivity contribution in [2.75, 3.05) is 26.9 Å². The topological polar surface area (TPSA) is 60.0 Å². The molecular formula is C17H27NO4. The van der Waals surface area contributed by atoms with Crippen molar-refractivity contribution in [2.45, 2.75) is 44.9 Å². The van der Waals surface area contributed by atoms with E-state index in [1.54, 1.807) is 7.11 Å². The van der Waals surface area contributed by atoms with Crippen LogP contribution in [-0.2, 0) is 11.3 Å². The normalized spacial score (nSPS) is 19.1. The molecule has 0 radical (unpaired) electrons. The molecule has 0 amide bonds. The highest BCUT2D eigenvalue weighted by Gasteiger charge is 2.18. The van der Waals surface area contributed by atoms with Crippen LogP contribution >= 0.6 is 0 Å². The molecule has 1 aromatic carbocycles. The van der Waals surface area contributed by atoms with Gasteiger partial charge in [0.15, 0.2) is 11.5 Å². The quantitative estimate of drug-likeness (QED) is 0.731. The Balaban J connectivity index is 2.03. The van der Waals surface area contributed by atoms with E-state index in [0.29, 0.717) is 13.2 Å². The first-order valence-corrected chi connectivity index (χ1v) is 8.03. The van der Waals surface area contributed by atoms with Crippen LogP contribution in [0.15, 0.2) is 18.2 Å². The van der Waals surface area contributed by atoms with Gasteiger partial charge in [0.2, 0.25) is 0 Å². The second-order valence-corrected chi connectivity index (χ2v) is 5.56. The third-order valence-electron chi connectivity index (χ3n) is 4.01. The summed E-state index contributed by atoms with van der Waals surface area (Å²) < 4.78 is 17.0. The van der Waals surface area contributed by atoms with Crippen LogP contribution in [0.5, 0.6) is 11.5 Å². The fourth-order valence-electron chi connectivity index (χ4n) is 2.57. The fraction of sp³-hybridized carbons (Fsp3) is 0.647. The molecule has 2 unspecified atom stereocenters. The largest absolute Gasteiger partial charge is 0.493 e. The summed E-state index contributed by atoms with van der Waals surface area (Å²) in [6.07, 6.45) is 3.20. The van der Waals surface area contributed by atoms with Gasteiger partial charge in [-0.15, -0.1) is 0 Å². The van der Waals surface area contributed by atoms with Gasteiger partial charge in [0.05, 0.1) is 19.8 Å². The number of ether oxygens (including phenoxy) is 3. The average Bonchev–Trinajstić information content (AvgIpc) is 3.07. The molecule has 1 heterocycles. The third-order valence-corrected chi connectivity index (χ3v) is 4.01. The van der Waals surface area contributed by atoms with E-state index in [4.69, 9.17) is 14.2 Å². The Hall–Kier alpha value is -1.30. The highest BCUT2D eigenvalue weighted by atomic mass is 16.5. The molecule has 2 N–H and O–H groups in total. The first-order valence-electron chi connectivity index (χ1n) is 8.03. The molecule has 2 atom stereocenters. The van der Waals surface area contributed by atoms with Crippen LogP contribution in [0, 0.1) is 0 Å². The number of aliphatic hydroxyl groups is 1. The first kappa shape index (κ1) is 17.1. The van der Waals surface area contributed by atoms with Crippen molar-refractivity contribution >= 4 is 0 Å². The maximum Gasteiger partial charge on any atom is 0.165 e. The van der Waals surface area contributed by atoms with E-state index in [1.165, 1.54) is 0 Å². The van der Waals surface area contributed by atoms with Gasteiger partial charge in [0.25, 0.3) is 0 Å². The van der Waals surface area contributed by atoms with Gasteiger partial charge >= 0.3 is 0 Å². The molecule has 22 heavy (non-hydrogen) atoms. The number of methoxy groups -OCH3 is 1. The Morgan fingerprint density at radius 1 is 1.45 bits per heavy atom. The second kappa shape index (κ2) is 8.98. The van der Waals surface area contributed by atoms with E-state index in [1.807, 2.05) is 25.1 Å². The zero-order chi connectivity index (χ0) is 15.8. The summed E-state index contributed by atoms with van der Waals surface area (Å²) >= 11 is 0. The lowest BCUT2D eigenvalue weighted by atomic mass is 10.1. The van der Waals surface area contributed by atoms with Gasteiger partial charge in [0, 0.05) is 24.8 Å². The number of para-hydroxylation sites is 1. The molecule has 1 aromatic rings. The minimum Gasteiger partial charge on any atom is -0.493 e. The van der Waals surface area contributed by atoms with Crippen LogP contribution < -0.4 is 14.8 Å². The fourth-order valence-corrected chi connectivity index (χ4v) is 2.57. The number of hydrogen-bond acceptors (Lipinski definition) is 5. The number of benzene rings is 1. The SMILES string of the molecule is CCC(CO)NCc1cccc(OC)c1OCC1CCCO1. The zero-order valence-electron chi connectivity index (χ0n) is 13.5. The Labute approximate surface area is 132 Å². The highest BCUT2D eigenvalue weighted by molar-refractivity contribution is 5.46. The number of aliphatic hydroxyl groups excluding tert-OH is 1. The molecule has 1 fully saturated rings. The van der Waals surface area contributed by atoms with E-state index in [-0.39, 0.29) is 18.8 Å². The summed E-state index contributed by atoms with van der Waals surface area (Å²) in [6, 6.07) is 5.97. The van der Waals surface area contributed by atoms with E-state index in [9.17, 15) is 5.11 Å². The van der Waals surface area contributed by atoms with E-state index in [2.05, 4.69) is 5.32 Å².